The first kappa shape index (κ1) is 83.7. The van der Waals surface area contributed by atoms with E-state index in [1.54, 1.807) is 0 Å². The molecule has 0 amide bonds. The minimum atomic E-state index is -1.70. The molecule has 6 rings (SSSR count). The minimum Gasteiger partial charge on any atom is -0.396 e. The summed E-state index contributed by atoms with van der Waals surface area (Å²) in [5, 5.41) is 38.0. The van der Waals surface area contributed by atoms with Crippen molar-refractivity contribution in [3.63, 3.8) is 0 Å². The van der Waals surface area contributed by atoms with Crippen molar-refractivity contribution in [2.45, 2.75) is 302 Å². The van der Waals surface area contributed by atoms with Gasteiger partial charge in [0.2, 0.25) is 0 Å². The van der Waals surface area contributed by atoms with Crippen LogP contribution in [0.2, 0.25) is 49.9 Å². The van der Waals surface area contributed by atoms with E-state index >= 15 is 0 Å². The summed E-state index contributed by atoms with van der Waals surface area (Å²) in [6.45, 7) is 48.1. The van der Waals surface area contributed by atoms with Gasteiger partial charge in [0, 0.05) is 61.5 Å². The molecule has 2 saturated heterocycles. The van der Waals surface area contributed by atoms with E-state index in [9.17, 15) is 15.3 Å². The molecule has 2 unspecified atom stereocenters. The summed E-state index contributed by atoms with van der Waals surface area (Å²) in [6, 6.07) is 32.4. The molecule has 0 aromatic heterocycles. The lowest BCUT2D eigenvalue weighted by Gasteiger charge is -2.38. The predicted molar refractivity (Wildman–Crippen MR) is 405 cm³/mol. The van der Waals surface area contributed by atoms with Crippen LogP contribution in [0.3, 0.4) is 0 Å². The van der Waals surface area contributed by atoms with E-state index in [-0.39, 0.29) is 44.1 Å². The van der Waals surface area contributed by atoms with Gasteiger partial charge in [-0.25, -0.2) is 0 Å². The Morgan fingerprint density at radius 1 is 0.394 bits per heavy atom. The Morgan fingerprint density at radius 2 is 0.670 bits per heavy atom. The van der Waals surface area contributed by atoms with Crippen LogP contribution < -0.4 is 0 Å². The molecular weight excluding hydrogens is 1210 g/mol. The van der Waals surface area contributed by atoms with Crippen molar-refractivity contribution in [3.8, 4) is 46.7 Å². The van der Waals surface area contributed by atoms with Gasteiger partial charge in [0.05, 0.1) is 24.4 Å². The summed E-state index contributed by atoms with van der Waals surface area (Å²) in [6.07, 6.45) is 15.5. The Morgan fingerprint density at radius 3 is 0.926 bits per heavy atom. The fraction of sp³-hybridized carbons (Fsp3) is 0.614. The molecule has 2 aliphatic rings. The topological polar surface area (TPSA) is 118 Å². The highest BCUT2D eigenvalue weighted by Gasteiger charge is 2.44. The van der Waals surface area contributed by atoms with Crippen LogP contribution in [0.4, 0.5) is 0 Å². The quantitative estimate of drug-likeness (QED) is 0.0383. The highest BCUT2D eigenvalue weighted by molar-refractivity contribution is 6.91. The maximum atomic E-state index is 10.1. The van der Waals surface area contributed by atoms with Crippen LogP contribution in [0, 0.1) is 46.7 Å². The van der Waals surface area contributed by atoms with E-state index in [2.05, 4.69) is 215 Å². The number of rotatable bonds is 25. The number of aliphatic hydroxyl groups excluding tert-OH is 4. The second kappa shape index (κ2) is 43.0. The average Bonchev–Trinajstić information content (AvgIpc) is 0.830. The summed E-state index contributed by atoms with van der Waals surface area (Å²) < 4.78 is 23.7. The van der Waals surface area contributed by atoms with Gasteiger partial charge in [-0.2, -0.15) is 0 Å². The molecule has 2 fully saturated rings. The lowest BCUT2D eigenvalue weighted by Crippen LogP contribution is -2.43. The van der Waals surface area contributed by atoms with Gasteiger partial charge < -0.3 is 39.4 Å². The number of hydrogen-bond donors (Lipinski definition) is 4. The van der Waals surface area contributed by atoms with Crippen LogP contribution in [-0.2, 0) is 18.9 Å². The van der Waals surface area contributed by atoms with Crippen molar-refractivity contribution >= 4 is 24.2 Å². The zero-order valence-electron chi connectivity index (χ0n) is 62.2. The third-order valence-electron chi connectivity index (χ3n) is 20.0. The minimum absolute atomic E-state index is 0.00594. The van der Waals surface area contributed by atoms with Crippen molar-refractivity contribution in [3.05, 3.63) is 142 Å². The Bertz CT molecular complexity index is 2780. The van der Waals surface area contributed by atoms with Crippen molar-refractivity contribution in [1.82, 2.24) is 0 Å². The summed E-state index contributed by atoms with van der Waals surface area (Å²) >= 11 is 0. The second-order valence-electron chi connectivity index (χ2n) is 29.0. The molecule has 0 aliphatic carbocycles. The van der Waals surface area contributed by atoms with Crippen LogP contribution in [-0.4, -0.2) is 83.7 Å². The van der Waals surface area contributed by atoms with Crippen molar-refractivity contribution in [2.75, 3.05) is 26.4 Å². The standard InChI is InChI=1S/C26H42O2Si.C21H34OSi.C20H32O2Si.C16H20O3/c1-8-11-25(28-26-12-9-10-18-27-26)24-15-13-23(14-16-24)17-19-29(20(2)3,21(4)5)22(6)7;1-8-9-21(22)20-12-10-19(11-13-20)14-15-23(16(2)3,17(4)5)18(6)7;1-15(2)23(16(3)4,17(5)6)14-12-18-7-9-19(10-8-18)20(22)11-13-21;1-2-13-6-8-14(9-7-13)15(10-11-17)19-16-5-3-4-12-18-16/h13-16,20-22,25-26H,8-12,18H2,1-7H3;10-13,16-18,21-22H,8-9H2,1-7H3;7-10,15-17,20-22H,11,13H2,1-6H3;1,6-9,15-17H,3-5,10-12H2/t25-,26?;21-;20-;15-,16?/m1111/s1. The molecule has 94 heavy (non-hydrogen) atoms. The Hall–Kier alpha value is -4.55. The number of hydrogen-bond acceptors (Lipinski definition) is 8. The van der Waals surface area contributed by atoms with E-state index in [0.29, 0.717) is 62.7 Å². The molecule has 0 spiro atoms. The van der Waals surface area contributed by atoms with Crippen LogP contribution in [0.25, 0.3) is 0 Å². The zero-order valence-corrected chi connectivity index (χ0v) is 65.2. The first-order valence-electron chi connectivity index (χ1n) is 36.2. The molecule has 0 bridgehead atoms. The number of terminal acetylenes is 1. The smallest absolute Gasteiger partial charge is 0.158 e. The van der Waals surface area contributed by atoms with E-state index in [1.807, 2.05) is 60.7 Å². The molecule has 4 aromatic rings. The normalized spacial score (nSPS) is 16.5. The second-order valence-corrected chi connectivity index (χ2v) is 45.8. The van der Waals surface area contributed by atoms with E-state index in [0.717, 1.165) is 110 Å². The molecule has 0 radical (unpaired) electrons. The fourth-order valence-corrected chi connectivity index (χ4v) is 30.4. The molecule has 8 nitrogen and oxygen atoms in total. The predicted octanol–water partition coefficient (Wildman–Crippen LogP) is 21.0. The molecule has 4 N–H and O–H groups in total. The van der Waals surface area contributed by atoms with Gasteiger partial charge >= 0.3 is 0 Å². The third-order valence-corrected chi connectivity index (χ3v) is 38.9. The number of aliphatic hydroxyl groups is 4. The summed E-state index contributed by atoms with van der Waals surface area (Å²) in [5.41, 5.74) is 25.2. The van der Waals surface area contributed by atoms with E-state index in [4.69, 9.17) is 30.5 Å². The van der Waals surface area contributed by atoms with Crippen LogP contribution >= 0.6 is 0 Å². The van der Waals surface area contributed by atoms with Gasteiger partial charge in [-0.15, -0.1) is 23.1 Å². The van der Waals surface area contributed by atoms with Gasteiger partial charge in [-0.3, -0.25) is 0 Å². The molecule has 11 heteroatoms. The van der Waals surface area contributed by atoms with Gasteiger partial charge in [0.1, 0.15) is 24.2 Å². The maximum absolute atomic E-state index is 10.1. The van der Waals surface area contributed by atoms with Crippen molar-refractivity contribution < 1.29 is 39.4 Å². The first-order valence-corrected chi connectivity index (χ1v) is 42.9. The van der Waals surface area contributed by atoms with E-state index in [1.165, 1.54) is 12.0 Å². The van der Waals surface area contributed by atoms with Gasteiger partial charge in [0.15, 0.2) is 12.6 Å². The van der Waals surface area contributed by atoms with Crippen LogP contribution in [0.1, 0.15) is 284 Å². The summed E-state index contributed by atoms with van der Waals surface area (Å²) in [5.74, 6) is 13.0. The SMILES string of the molecule is C#Cc1ccc([C@@H](CCO)OC2CCCCO2)cc1.CC(C)[Si](C#Cc1ccc([C@H](O)CCO)cc1)(C(C)C)C(C)C.CCC[C@@H](O)c1ccc(C#C[Si](C(C)C)(C(C)C)C(C)C)cc1.CCC[C@@H](OC1CCCCO1)c1ccc(C#C[Si](C(C)C)(C(C)C)C(C)C)cc1. The Kier molecular flexibility index (Phi) is 38.3. The van der Waals surface area contributed by atoms with Crippen molar-refractivity contribution in [2.24, 2.45) is 0 Å². The van der Waals surface area contributed by atoms with Gasteiger partial charge in [0.25, 0.3) is 0 Å². The Balaban J connectivity index is 0.000000330. The molecule has 2 heterocycles. The van der Waals surface area contributed by atoms with E-state index < -0.39 is 30.3 Å². The fourth-order valence-electron chi connectivity index (χ4n) is 14.7. The Labute approximate surface area is 577 Å². The maximum Gasteiger partial charge on any atom is 0.158 e. The van der Waals surface area contributed by atoms with Crippen molar-refractivity contribution in [1.29, 1.82) is 0 Å². The lowest BCUT2D eigenvalue weighted by atomic mass is 10.0. The molecule has 2 aliphatic heterocycles. The zero-order chi connectivity index (χ0) is 70.2. The van der Waals surface area contributed by atoms with Gasteiger partial charge in [-0.05, 0) is 172 Å². The molecule has 6 atom stereocenters. The molecular formula is C83H128O8Si3. The summed E-state index contributed by atoms with van der Waals surface area (Å²) in [4.78, 5) is 0. The third kappa shape index (κ3) is 25.1. The largest absolute Gasteiger partial charge is 0.396 e. The first-order chi connectivity index (χ1) is 44.6. The van der Waals surface area contributed by atoms with Crippen LogP contribution in [0.5, 0.6) is 0 Å². The van der Waals surface area contributed by atoms with Gasteiger partial charge in [-0.1, -0.05) is 224 Å². The number of ether oxygens (including phenoxy) is 4. The highest BCUT2D eigenvalue weighted by Crippen LogP contribution is 2.43. The highest BCUT2D eigenvalue weighted by atomic mass is 28.3. The molecule has 0 saturated carbocycles. The monoisotopic (exact) mass is 1340 g/mol. The number of benzene rings is 4. The summed E-state index contributed by atoms with van der Waals surface area (Å²) in [7, 11) is -5.06. The average molecular weight is 1340 g/mol. The molecule has 520 valence electrons. The lowest BCUT2D eigenvalue weighted by molar-refractivity contribution is -0.192. The van der Waals surface area contributed by atoms with Crippen LogP contribution in [0.15, 0.2) is 97.1 Å². The molecule has 4 aromatic carbocycles.